The Morgan fingerprint density at radius 1 is 0.920 bits per heavy atom. The van der Waals surface area contributed by atoms with Gasteiger partial charge in [-0.05, 0) is 24.1 Å². The van der Waals surface area contributed by atoms with Crippen LogP contribution in [0.25, 0.3) is 0 Å². The summed E-state index contributed by atoms with van der Waals surface area (Å²) in [7, 11) is 0. The number of para-hydroxylation sites is 1. The van der Waals surface area contributed by atoms with Crippen LogP contribution in [0.3, 0.4) is 0 Å². The molecule has 2 aromatic carbocycles. The first-order valence-corrected chi connectivity index (χ1v) is 8.08. The third-order valence-corrected chi connectivity index (χ3v) is 3.56. The van der Waals surface area contributed by atoms with E-state index in [9.17, 15) is 14.4 Å². The summed E-state index contributed by atoms with van der Waals surface area (Å²) in [6, 6.07) is 18.6. The van der Waals surface area contributed by atoms with E-state index in [2.05, 4.69) is 10.6 Å². The van der Waals surface area contributed by atoms with Gasteiger partial charge in [0.1, 0.15) is 0 Å². The Labute approximate surface area is 146 Å². The van der Waals surface area contributed by atoms with Crippen molar-refractivity contribution >= 4 is 23.9 Å². The smallest absolute Gasteiger partial charge is 0.316 e. The molecule has 6 nitrogen and oxygen atoms in total. The number of nitrogens with zero attached hydrogens (tertiary/aromatic N) is 1. The van der Waals surface area contributed by atoms with Gasteiger partial charge in [-0.3, -0.25) is 19.3 Å². The minimum atomic E-state index is -0.661. The van der Waals surface area contributed by atoms with Gasteiger partial charge in [0, 0.05) is 18.8 Å². The lowest BCUT2D eigenvalue weighted by molar-refractivity contribution is -0.137. The predicted molar refractivity (Wildman–Crippen MR) is 95.8 cm³/mol. The van der Waals surface area contributed by atoms with E-state index in [-0.39, 0.29) is 0 Å². The number of hydrogen-bond acceptors (Lipinski definition) is 3. The van der Waals surface area contributed by atoms with E-state index in [1.807, 2.05) is 48.5 Å². The van der Waals surface area contributed by atoms with Crippen molar-refractivity contribution in [1.82, 2.24) is 10.6 Å². The Balaban J connectivity index is 2.05. The highest BCUT2D eigenvalue weighted by Crippen LogP contribution is 2.17. The summed E-state index contributed by atoms with van der Waals surface area (Å²) in [6.45, 7) is 1.08. The van der Waals surface area contributed by atoms with Crippen molar-refractivity contribution in [3.8, 4) is 0 Å². The molecule has 0 bridgehead atoms. The maximum Gasteiger partial charge on any atom is 0.316 e. The van der Waals surface area contributed by atoms with Crippen molar-refractivity contribution in [2.75, 3.05) is 18.0 Å². The zero-order chi connectivity index (χ0) is 17.9. The average Bonchev–Trinajstić information content (AvgIpc) is 2.67. The van der Waals surface area contributed by atoms with Gasteiger partial charge >= 0.3 is 11.8 Å². The molecule has 0 saturated carbocycles. The molecule has 2 rings (SSSR count). The van der Waals surface area contributed by atoms with Gasteiger partial charge in [0.2, 0.25) is 6.41 Å². The molecule has 2 aromatic rings. The quantitative estimate of drug-likeness (QED) is 0.434. The van der Waals surface area contributed by atoms with Gasteiger partial charge in [-0.2, -0.15) is 0 Å². The van der Waals surface area contributed by atoms with Gasteiger partial charge in [-0.15, -0.1) is 0 Å². The number of benzene rings is 2. The van der Waals surface area contributed by atoms with Crippen molar-refractivity contribution in [1.29, 1.82) is 0 Å². The lowest BCUT2D eigenvalue weighted by Gasteiger charge is -2.22. The summed E-state index contributed by atoms with van der Waals surface area (Å²) in [6.07, 6.45) is 1.16. The van der Waals surface area contributed by atoms with Gasteiger partial charge in [-0.25, -0.2) is 0 Å². The van der Waals surface area contributed by atoms with Crippen LogP contribution < -0.4 is 15.5 Å². The van der Waals surface area contributed by atoms with E-state index in [0.29, 0.717) is 38.2 Å². The van der Waals surface area contributed by atoms with Crippen molar-refractivity contribution in [2.45, 2.75) is 13.0 Å². The molecule has 3 amide bonds. The molecule has 0 radical (unpaired) electrons. The Morgan fingerprint density at radius 2 is 1.56 bits per heavy atom. The van der Waals surface area contributed by atoms with Gasteiger partial charge < -0.3 is 10.6 Å². The van der Waals surface area contributed by atoms with Crippen LogP contribution in [0.4, 0.5) is 5.69 Å². The molecule has 0 fully saturated rings. The fourth-order valence-electron chi connectivity index (χ4n) is 2.30. The van der Waals surface area contributed by atoms with Crippen molar-refractivity contribution < 1.29 is 14.4 Å². The SMILES string of the molecule is O=CNCCCNC(=O)C(=O)N(Cc1ccccc1)c1ccccc1. The van der Waals surface area contributed by atoms with Crippen LogP contribution in [0.15, 0.2) is 60.7 Å². The van der Waals surface area contributed by atoms with E-state index in [1.54, 1.807) is 12.1 Å². The van der Waals surface area contributed by atoms with E-state index in [4.69, 9.17) is 0 Å². The number of anilines is 1. The predicted octanol–water partition coefficient (Wildman–Crippen LogP) is 1.47. The molecule has 0 unspecified atom stereocenters. The molecule has 0 aliphatic heterocycles. The minimum absolute atomic E-state index is 0.309. The zero-order valence-electron chi connectivity index (χ0n) is 13.9. The second kappa shape index (κ2) is 9.87. The van der Waals surface area contributed by atoms with E-state index >= 15 is 0 Å². The highest BCUT2D eigenvalue weighted by Gasteiger charge is 2.23. The van der Waals surface area contributed by atoms with Crippen molar-refractivity contribution in [3.63, 3.8) is 0 Å². The summed E-state index contributed by atoms with van der Waals surface area (Å²) in [4.78, 5) is 36.4. The van der Waals surface area contributed by atoms with Gasteiger partial charge in [0.05, 0.1) is 6.54 Å². The van der Waals surface area contributed by atoms with E-state index in [1.165, 1.54) is 4.90 Å². The molecule has 2 N–H and O–H groups in total. The summed E-state index contributed by atoms with van der Waals surface area (Å²) in [5, 5.41) is 5.10. The van der Waals surface area contributed by atoms with Crippen LogP contribution in [0.5, 0.6) is 0 Å². The van der Waals surface area contributed by atoms with Crippen LogP contribution in [-0.4, -0.2) is 31.3 Å². The van der Waals surface area contributed by atoms with Crippen molar-refractivity contribution in [3.05, 3.63) is 66.2 Å². The third-order valence-electron chi connectivity index (χ3n) is 3.56. The van der Waals surface area contributed by atoms with Crippen LogP contribution >= 0.6 is 0 Å². The number of amides is 3. The Hall–Kier alpha value is -3.15. The van der Waals surface area contributed by atoms with Gasteiger partial charge in [0.15, 0.2) is 0 Å². The second-order valence-electron chi connectivity index (χ2n) is 5.39. The molecule has 0 aliphatic rings. The fourth-order valence-corrected chi connectivity index (χ4v) is 2.30. The summed E-state index contributed by atoms with van der Waals surface area (Å²) in [5.41, 5.74) is 1.59. The number of rotatable bonds is 8. The van der Waals surface area contributed by atoms with Crippen LogP contribution in [0.1, 0.15) is 12.0 Å². The number of carbonyl (C=O) groups is 3. The molecule has 0 aliphatic carbocycles. The number of nitrogens with one attached hydrogen (secondary N) is 2. The first-order chi connectivity index (χ1) is 12.2. The lowest BCUT2D eigenvalue weighted by Crippen LogP contribution is -2.43. The van der Waals surface area contributed by atoms with Crippen molar-refractivity contribution in [2.24, 2.45) is 0 Å². The maximum absolute atomic E-state index is 12.6. The van der Waals surface area contributed by atoms with Crippen LogP contribution in [0.2, 0.25) is 0 Å². The molecule has 130 valence electrons. The topological polar surface area (TPSA) is 78.5 Å². The van der Waals surface area contributed by atoms with Crippen LogP contribution in [-0.2, 0) is 20.9 Å². The first kappa shape index (κ1) is 18.2. The van der Waals surface area contributed by atoms with Gasteiger partial charge in [0.25, 0.3) is 0 Å². The highest BCUT2D eigenvalue weighted by atomic mass is 16.2. The zero-order valence-corrected chi connectivity index (χ0v) is 13.9. The molecule has 0 saturated heterocycles. The van der Waals surface area contributed by atoms with Gasteiger partial charge in [-0.1, -0.05) is 48.5 Å². The largest absolute Gasteiger partial charge is 0.359 e. The normalized spacial score (nSPS) is 9.92. The molecule has 0 spiro atoms. The molecule has 25 heavy (non-hydrogen) atoms. The lowest BCUT2D eigenvalue weighted by atomic mass is 10.2. The number of hydrogen-bond donors (Lipinski definition) is 2. The molecule has 0 atom stereocenters. The third kappa shape index (κ3) is 5.76. The molecular formula is C19H21N3O3. The Kier molecular flexibility index (Phi) is 7.18. The average molecular weight is 339 g/mol. The molecular weight excluding hydrogens is 318 g/mol. The second-order valence-corrected chi connectivity index (χ2v) is 5.39. The summed E-state index contributed by atoms with van der Waals surface area (Å²) >= 11 is 0. The molecule has 0 heterocycles. The molecule has 0 aromatic heterocycles. The van der Waals surface area contributed by atoms with Crippen LogP contribution in [0, 0.1) is 0 Å². The standard InChI is InChI=1S/C19H21N3O3/c23-15-20-12-7-13-21-18(24)19(25)22(17-10-5-2-6-11-17)14-16-8-3-1-4-9-16/h1-6,8-11,15H,7,12-14H2,(H,20,23)(H,21,24). The molecule has 6 heteroatoms. The first-order valence-electron chi connectivity index (χ1n) is 8.08. The minimum Gasteiger partial charge on any atom is -0.359 e. The highest BCUT2D eigenvalue weighted by molar-refractivity contribution is 6.40. The number of carbonyl (C=O) groups excluding carboxylic acids is 3. The monoisotopic (exact) mass is 339 g/mol. The Morgan fingerprint density at radius 3 is 2.20 bits per heavy atom. The maximum atomic E-state index is 12.6. The summed E-state index contributed by atoms with van der Waals surface area (Å²) in [5.74, 6) is -1.27. The van der Waals surface area contributed by atoms with E-state index in [0.717, 1.165) is 5.56 Å². The Bertz CT molecular complexity index is 690. The fraction of sp³-hybridized carbons (Fsp3) is 0.211. The van der Waals surface area contributed by atoms with E-state index < -0.39 is 11.8 Å². The summed E-state index contributed by atoms with van der Waals surface area (Å²) < 4.78 is 0.